The molecule has 0 saturated heterocycles. The summed E-state index contributed by atoms with van der Waals surface area (Å²) in [7, 11) is 0. The number of rotatable bonds is 4. The summed E-state index contributed by atoms with van der Waals surface area (Å²) in [6.07, 6.45) is -0.655. The molecule has 0 unspecified atom stereocenters. The first-order valence-corrected chi connectivity index (χ1v) is 7.11. The van der Waals surface area contributed by atoms with Gasteiger partial charge in [0.15, 0.2) is 6.10 Å². The van der Waals surface area contributed by atoms with Gasteiger partial charge in [-0.25, -0.2) is 0 Å². The first-order valence-electron chi connectivity index (χ1n) is 6.73. The Balaban J connectivity index is 2.00. The van der Waals surface area contributed by atoms with Gasteiger partial charge < -0.3 is 10.1 Å². The maximum absolute atomic E-state index is 12.1. The summed E-state index contributed by atoms with van der Waals surface area (Å²) in [6.45, 7) is 3.65. The number of nitrogens with zero attached hydrogens (tertiary/aromatic N) is 1. The molecule has 0 fully saturated rings. The van der Waals surface area contributed by atoms with Crippen molar-refractivity contribution < 1.29 is 9.53 Å². The third-order valence-corrected chi connectivity index (χ3v) is 3.37. The van der Waals surface area contributed by atoms with Gasteiger partial charge in [0.05, 0.1) is 10.6 Å². The number of carbonyl (C=O) groups is 1. The fourth-order valence-electron chi connectivity index (χ4n) is 1.80. The lowest BCUT2D eigenvalue weighted by atomic mass is 10.2. The van der Waals surface area contributed by atoms with Gasteiger partial charge in [0.25, 0.3) is 5.91 Å². The van der Waals surface area contributed by atoms with Gasteiger partial charge in [-0.05, 0) is 44.2 Å². The monoisotopic (exact) mass is 314 g/mol. The van der Waals surface area contributed by atoms with Gasteiger partial charge in [-0.15, -0.1) is 0 Å². The van der Waals surface area contributed by atoms with Gasteiger partial charge in [0.1, 0.15) is 11.8 Å². The number of halogens is 1. The van der Waals surface area contributed by atoms with Crippen LogP contribution in [0, 0.1) is 18.3 Å². The van der Waals surface area contributed by atoms with Gasteiger partial charge in [-0.2, -0.15) is 5.26 Å². The number of hydrogen-bond acceptors (Lipinski definition) is 3. The van der Waals surface area contributed by atoms with E-state index in [1.54, 1.807) is 19.1 Å². The zero-order valence-corrected chi connectivity index (χ0v) is 13.0. The standard InChI is InChI=1S/C17H15ClN2O2/c1-11-3-7-15(8-4-11)22-12(2)17(21)20-14-6-5-13(10-19)16(18)9-14/h3-9,12H,1-2H3,(H,20,21)/t12-/m1/s1. The molecule has 0 aliphatic rings. The quantitative estimate of drug-likeness (QED) is 0.930. The van der Waals surface area contributed by atoms with Gasteiger partial charge in [0.2, 0.25) is 0 Å². The van der Waals surface area contributed by atoms with E-state index in [-0.39, 0.29) is 5.91 Å². The second-order valence-electron chi connectivity index (χ2n) is 4.87. The van der Waals surface area contributed by atoms with Crippen LogP contribution in [0.15, 0.2) is 42.5 Å². The summed E-state index contributed by atoms with van der Waals surface area (Å²) in [5, 5.41) is 11.8. The zero-order chi connectivity index (χ0) is 16.1. The summed E-state index contributed by atoms with van der Waals surface area (Å²) in [5.74, 6) is 0.340. The Hall–Kier alpha value is -2.51. The molecule has 0 saturated carbocycles. The molecule has 0 radical (unpaired) electrons. The molecule has 4 nitrogen and oxygen atoms in total. The van der Waals surface area contributed by atoms with Crippen molar-refractivity contribution >= 4 is 23.2 Å². The molecule has 5 heteroatoms. The molecule has 2 aromatic carbocycles. The first kappa shape index (κ1) is 15.9. The second-order valence-corrected chi connectivity index (χ2v) is 5.28. The number of anilines is 1. The maximum Gasteiger partial charge on any atom is 0.265 e. The van der Waals surface area contributed by atoms with E-state index in [2.05, 4.69) is 5.32 Å². The average Bonchev–Trinajstić information content (AvgIpc) is 2.49. The maximum atomic E-state index is 12.1. The molecule has 0 heterocycles. The van der Waals surface area contributed by atoms with Crippen LogP contribution in [0.4, 0.5) is 5.69 Å². The van der Waals surface area contributed by atoms with Crippen LogP contribution in [0.3, 0.4) is 0 Å². The van der Waals surface area contributed by atoms with Gasteiger partial charge in [0, 0.05) is 5.69 Å². The van der Waals surface area contributed by atoms with Crippen molar-refractivity contribution in [2.24, 2.45) is 0 Å². The lowest BCUT2D eigenvalue weighted by Crippen LogP contribution is -2.30. The largest absolute Gasteiger partial charge is 0.481 e. The summed E-state index contributed by atoms with van der Waals surface area (Å²) >= 11 is 5.93. The van der Waals surface area contributed by atoms with Crippen LogP contribution >= 0.6 is 11.6 Å². The van der Waals surface area contributed by atoms with E-state index in [1.165, 1.54) is 6.07 Å². The van der Waals surface area contributed by atoms with E-state index in [1.807, 2.05) is 37.3 Å². The lowest BCUT2D eigenvalue weighted by molar-refractivity contribution is -0.122. The molecule has 22 heavy (non-hydrogen) atoms. The predicted molar refractivity (Wildman–Crippen MR) is 86.1 cm³/mol. The van der Waals surface area contributed by atoms with Gasteiger partial charge in [-0.3, -0.25) is 4.79 Å². The van der Waals surface area contributed by atoms with Crippen LogP contribution in [-0.2, 0) is 4.79 Å². The van der Waals surface area contributed by atoms with Gasteiger partial charge in [-0.1, -0.05) is 29.3 Å². The molecule has 0 aliphatic heterocycles. The highest BCUT2D eigenvalue weighted by Crippen LogP contribution is 2.21. The Labute approximate surface area is 134 Å². The number of carbonyl (C=O) groups excluding carboxylic acids is 1. The van der Waals surface area contributed by atoms with Crippen molar-refractivity contribution in [3.63, 3.8) is 0 Å². The molecule has 0 aliphatic carbocycles. The average molecular weight is 315 g/mol. The second kappa shape index (κ2) is 6.97. The summed E-state index contributed by atoms with van der Waals surface area (Å²) < 4.78 is 5.58. The number of ether oxygens (including phenoxy) is 1. The van der Waals surface area contributed by atoms with Crippen LogP contribution in [-0.4, -0.2) is 12.0 Å². The molecule has 1 N–H and O–H groups in total. The minimum atomic E-state index is -0.655. The van der Waals surface area contributed by atoms with Crippen LogP contribution in [0.1, 0.15) is 18.1 Å². The van der Waals surface area contributed by atoms with Crippen molar-refractivity contribution in [2.45, 2.75) is 20.0 Å². The van der Waals surface area contributed by atoms with E-state index in [9.17, 15) is 4.79 Å². The SMILES string of the molecule is Cc1ccc(O[C@H](C)C(=O)Nc2ccc(C#N)c(Cl)c2)cc1. The topological polar surface area (TPSA) is 62.1 Å². The normalized spacial score (nSPS) is 11.4. The van der Waals surface area contributed by atoms with E-state index < -0.39 is 6.10 Å². The fourth-order valence-corrected chi connectivity index (χ4v) is 2.02. The summed E-state index contributed by atoms with van der Waals surface area (Å²) in [6, 6.07) is 14.2. The molecule has 0 spiro atoms. The molecule has 0 aromatic heterocycles. The Morgan fingerprint density at radius 1 is 1.27 bits per heavy atom. The van der Waals surface area contributed by atoms with Crippen LogP contribution < -0.4 is 10.1 Å². The number of nitriles is 1. The molecule has 1 atom stereocenters. The molecule has 0 bridgehead atoms. The number of hydrogen-bond donors (Lipinski definition) is 1. The third-order valence-electron chi connectivity index (χ3n) is 3.06. The van der Waals surface area contributed by atoms with Crippen LogP contribution in [0.2, 0.25) is 5.02 Å². The Bertz CT molecular complexity index is 720. The molecule has 2 aromatic rings. The fraction of sp³-hybridized carbons (Fsp3) is 0.176. The van der Waals surface area contributed by atoms with Gasteiger partial charge >= 0.3 is 0 Å². The minimum Gasteiger partial charge on any atom is -0.481 e. The number of amides is 1. The smallest absolute Gasteiger partial charge is 0.265 e. The van der Waals surface area contributed by atoms with Crippen molar-refractivity contribution in [1.29, 1.82) is 5.26 Å². The predicted octanol–water partition coefficient (Wildman–Crippen LogP) is 3.93. The minimum absolute atomic E-state index is 0.290. The van der Waals surface area contributed by atoms with E-state index >= 15 is 0 Å². The highest BCUT2D eigenvalue weighted by molar-refractivity contribution is 6.32. The van der Waals surface area contributed by atoms with E-state index in [0.717, 1.165) is 5.56 Å². The van der Waals surface area contributed by atoms with E-state index in [0.29, 0.717) is 22.0 Å². The molecular formula is C17H15ClN2O2. The lowest BCUT2D eigenvalue weighted by Gasteiger charge is -2.15. The Morgan fingerprint density at radius 3 is 2.55 bits per heavy atom. The highest BCUT2D eigenvalue weighted by atomic mass is 35.5. The first-order chi connectivity index (χ1) is 10.5. The van der Waals surface area contributed by atoms with E-state index in [4.69, 9.17) is 21.6 Å². The van der Waals surface area contributed by atoms with Crippen molar-refractivity contribution in [3.8, 4) is 11.8 Å². The molecule has 1 amide bonds. The number of aryl methyl sites for hydroxylation is 1. The Kier molecular flexibility index (Phi) is 5.03. The molecular weight excluding hydrogens is 300 g/mol. The van der Waals surface area contributed by atoms with Crippen LogP contribution in [0.5, 0.6) is 5.75 Å². The summed E-state index contributed by atoms with van der Waals surface area (Å²) in [5.41, 5.74) is 2.01. The number of benzene rings is 2. The Morgan fingerprint density at radius 2 is 1.95 bits per heavy atom. The zero-order valence-electron chi connectivity index (χ0n) is 12.3. The van der Waals surface area contributed by atoms with Crippen LogP contribution in [0.25, 0.3) is 0 Å². The van der Waals surface area contributed by atoms with Crippen molar-refractivity contribution in [3.05, 3.63) is 58.6 Å². The summed E-state index contributed by atoms with van der Waals surface area (Å²) in [4.78, 5) is 12.1. The van der Waals surface area contributed by atoms with Crippen molar-refractivity contribution in [2.75, 3.05) is 5.32 Å². The molecule has 2 rings (SSSR count). The highest BCUT2D eigenvalue weighted by Gasteiger charge is 2.15. The number of nitrogens with one attached hydrogen (secondary N) is 1. The van der Waals surface area contributed by atoms with Crippen molar-refractivity contribution in [1.82, 2.24) is 0 Å². The third kappa shape index (κ3) is 4.00. The molecule has 112 valence electrons.